The lowest BCUT2D eigenvalue weighted by molar-refractivity contribution is 0.0514. The van der Waals surface area contributed by atoms with E-state index in [1.165, 1.54) is 12.0 Å². The lowest BCUT2D eigenvalue weighted by atomic mass is 9.59. The van der Waals surface area contributed by atoms with Crippen molar-refractivity contribution in [1.29, 1.82) is 0 Å². The van der Waals surface area contributed by atoms with Crippen molar-refractivity contribution >= 4 is 118 Å². The van der Waals surface area contributed by atoms with E-state index in [0.29, 0.717) is 42.9 Å². The molecule has 1 aliphatic heterocycles. The average molecular weight is 778 g/mol. The monoisotopic (exact) mass is 777 g/mol. The highest BCUT2D eigenvalue weighted by Crippen LogP contribution is 2.74. The van der Waals surface area contributed by atoms with Gasteiger partial charge in [-0.05, 0) is 166 Å². The highest BCUT2D eigenvalue weighted by molar-refractivity contribution is 6.88. The minimum atomic E-state index is -1.46. The number of rotatable bonds is 8. The summed E-state index contributed by atoms with van der Waals surface area (Å²) in [6, 6.07) is 16.0. The molecule has 1 spiro atoms. The van der Waals surface area contributed by atoms with Crippen LogP contribution in [0.1, 0.15) is 58.5 Å². The molecule has 0 N–H and O–H groups in total. The third kappa shape index (κ3) is 2.78. The molecule has 0 bridgehead atoms. The van der Waals surface area contributed by atoms with Crippen molar-refractivity contribution in [1.82, 2.24) is 4.90 Å². The second-order valence-corrected chi connectivity index (χ2v) is 26.9. The molecular formula is C55H43NO2Si. The van der Waals surface area contributed by atoms with E-state index in [1.807, 2.05) is 11.1 Å². The van der Waals surface area contributed by atoms with E-state index >= 15 is 0 Å². The van der Waals surface area contributed by atoms with Crippen LogP contribution in [0.5, 0.6) is 0 Å². The molecular weight excluding hydrogens is 735 g/mol. The van der Waals surface area contributed by atoms with Gasteiger partial charge in [0.05, 0.1) is 27.9 Å². The number of fused-ring (bicyclic) bond motifs is 1. The molecule has 0 amide bonds. The van der Waals surface area contributed by atoms with Crippen LogP contribution in [0.25, 0.3) is 104 Å². The highest BCUT2D eigenvalue weighted by Gasteiger charge is 2.66. The Labute approximate surface area is 341 Å². The minimum Gasteiger partial charge on any atom is -0.382 e. The Balaban J connectivity index is 1.06. The Bertz CT molecular complexity index is 3960. The topological polar surface area (TPSA) is 21.7 Å². The zero-order valence-corrected chi connectivity index (χ0v) is 35.1. The second kappa shape index (κ2) is 8.90. The third-order valence-corrected chi connectivity index (χ3v) is 20.8. The van der Waals surface area contributed by atoms with Gasteiger partial charge >= 0.3 is 0 Å². The van der Waals surface area contributed by atoms with Gasteiger partial charge in [0.2, 0.25) is 0 Å². The molecule has 6 atom stereocenters. The van der Waals surface area contributed by atoms with Crippen molar-refractivity contribution < 1.29 is 9.47 Å². The first-order chi connectivity index (χ1) is 28.9. The summed E-state index contributed by atoms with van der Waals surface area (Å²) in [5, 5.41) is 33.2. The van der Waals surface area contributed by atoms with Crippen LogP contribution in [0.15, 0.2) is 36.4 Å². The number of ether oxygens (including phenoxy) is 2. The van der Waals surface area contributed by atoms with Gasteiger partial charge in [-0.25, -0.2) is 0 Å². The van der Waals surface area contributed by atoms with Gasteiger partial charge in [-0.1, -0.05) is 84.5 Å². The molecule has 284 valence electrons. The van der Waals surface area contributed by atoms with Crippen LogP contribution in [0, 0.1) is 17.3 Å². The van der Waals surface area contributed by atoms with Crippen molar-refractivity contribution in [2.45, 2.75) is 63.2 Å². The van der Waals surface area contributed by atoms with Gasteiger partial charge in [0.15, 0.2) is 0 Å². The highest BCUT2D eigenvalue weighted by atomic mass is 28.3. The zero-order valence-electron chi connectivity index (χ0n) is 34.1. The fourth-order valence-electron chi connectivity index (χ4n) is 17.4. The van der Waals surface area contributed by atoms with Crippen molar-refractivity contribution in [3.63, 3.8) is 0 Å². The Kier molecular flexibility index (Phi) is 4.59. The van der Waals surface area contributed by atoms with Crippen LogP contribution in [0.3, 0.4) is 0 Å². The fraction of sp³-hybridized carbons (Fsp3) is 0.345. The van der Waals surface area contributed by atoms with E-state index in [0.717, 1.165) is 39.0 Å². The number of nitrogens with zero attached hydrogens (tertiary/aromatic N) is 1. The Morgan fingerprint density at radius 3 is 2.31 bits per heavy atom. The van der Waals surface area contributed by atoms with Crippen molar-refractivity contribution in [3.8, 4) is 0 Å². The standard InChI is InChI=1S/C55H43NO2Si/c1-57-11-12-58-10-9-56-21-32-31-19-28-17-25-15-26-14-23-13-24-16-27-18-29-20-55(32,54(56)22-5-7-30(8-6-22)59(2,3)4)53-39(29)44-38(27)43-34(24)33(23)41-37(26)42-35(25)36(28)45-40(31)52(53)51-49(44)47(43)46(41)48(42)50(45)51/h5-8,14-16,18,23,29,32,39,54H,9-13,17,19-21H2,1-4H3. The largest absolute Gasteiger partial charge is 0.382 e. The van der Waals surface area contributed by atoms with Gasteiger partial charge in [-0.3, -0.25) is 4.90 Å². The summed E-state index contributed by atoms with van der Waals surface area (Å²) >= 11 is 0. The molecule has 1 saturated heterocycles. The van der Waals surface area contributed by atoms with Crippen LogP contribution >= 0.6 is 0 Å². The molecule has 4 heteroatoms. The molecule has 59 heavy (non-hydrogen) atoms. The first kappa shape index (κ1) is 30.4. The van der Waals surface area contributed by atoms with Gasteiger partial charge in [0, 0.05) is 49.4 Å². The Hall–Kier alpha value is -4.58. The average Bonchev–Trinajstić information content (AvgIpc) is 4.08. The third-order valence-electron chi connectivity index (χ3n) is 18.8. The van der Waals surface area contributed by atoms with Crippen molar-refractivity contribution in [2.75, 3.05) is 40.0 Å². The SMILES string of the molecule is COCCOCCN1CC2C3=c4c5c6c7c8c9c(cc%10c%11c%12c%13c%14c(cc%15c%16c(c4c6c(c%16%14)c%13c7c%119)=C(C3)C%15)=CC%12C%10)=CC3CC2(C=5C83)C1c1ccc([Si](C)(C)C)cc1. The number of methoxy groups -OCH3 is 1. The van der Waals surface area contributed by atoms with Crippen LogP contribution in [-0.2, 0) is 22.3 Å². The number of hydrogen-bond acceptors (Lipinski definition) is 3. The number of benzene rings is 6. The molecule has 0 aromatic heterocycles. The quantitative estimate of drug-likeness (QED) is 0.0957. The fourth-order valence-corrected chi connectivity index (χ4v) is 18.6. The van der Waals surface area contributed by atoms with E-state index in [4.69, 9.17) is 9.47 Å². The van der Waals surface area contributed by atoms with E-state index < -0.39 is 8.07 Å². The van der Waals surface area contributed by atoms with Crippen LogP contribution in [0.4, 0.5) is 0 Å². The molecule has 3 nitrogen and oxygen atoms in total. The molecule has 18 rings (SSSR count). The molecule has 9 aliphatic rings. The van der Waals surface area contributed by atoms with Crippen LogP contribution in [-0.4, -0.2) is 53.0 Å². The van der Waals surface area contributed by atoms with Crippen LogP contribution < -0.4 is 31.3 Å². The summed E-state index contributed by atoms with van der Waals surface area (Å²) in [7, 11) is 0.319. The summed E-state index contributed by atoms with van der Waals surface area (Å²) in [6.45, 7) is 11.6. The molecule has 8 aliphatic carbocycles. The predicted octanol–water partition coefficient (Wildman–Crippen LogP) is 6.87. The molecule has 9 aromatic carbocycles. The summed E-state index contributed by atoms with van der Waals surface area (Å²) in [4.78, 5) is 2.93. The molecule has 6 unspecified atom stereocenters. The summed E-state index contributed by atoms with van der Waals surface area (Å²) < 4.78 is 11.8. The normalized spacial score (nSPS) is 28.4. The maximum absolute atomic E-state index is 6.35. The van der Waals surface area contributed by atoms with Gasteiger partial charge in [0.1, 0.15) is 0 Å². The van der Waals surface area contributed by atoms with Gasteiger partial charge < -0.3 is 9.47 Å². The second-order valence-electron chi connectivity index (χ2n) is 21.8. The lowest BCUT2D eigenvalue weighted by Crippen LogP contribution is -2.47. The molecule has 2 fully saturated rings. The molecule has 1 heterocycles. The van der Waals surface area contributed by atoms with E-state index in [1.54, 1.807) is 142 Å². The van der Waals surface area contributed by atoms with E-state index in [-0.39, 0.29) is 5.41 Å². The minimum absolute atomic E-state index is 0.0370. The predicted molar refractivity (Wildman–Crippen MR) is 245 cm³/mol. The number of likely N-dealkylation sites (tertiary alicyclic amines) is 1. The molecule has 1 saturated carbocycles. The van der Waals surface area contributed by atoms with E-state index in [9.17, 15) is 0 Å². The smallest absolute Gasteiger partial charge is 0.0775 e. The lowest BCUT2D eigenvalue weighted by Gasteiger charge is -2.44. The summed E-state index contributed by atoms with van der Waals surface area (Å²) in [6.07, 6.45) is 10.3. The van der Waals surface area contributed by atoms with Crippen molar-refractivity contribution in [2.24, 2.45) is 17.3 Å². The van der Waals surface area contributed by atoms with Crippen LogP contribution in [0.2, 0.25) is 19.6 Å². The zero-order chi connectivity index (χ0) is 38.1. The molecule has 9 aromatic rings. The molecule has 0 radical (unpaired) electrons. The van der Waals surface area contributed by atoms with Crippen molar-refractivity contribution in [3.05, 3.63) is 90.3 Å². The van der Waals surface area contributed by atoms with Gasteiger partial charge in [0.25, 0.3) is 0 Å². The van der Waals surface area contributed by atoms with Gasteiger partial charge in [-0.15, -0.1) is 0 Å². The first-order valence-corrected chi connectivity index (χ1v) is 26.3. The van der Waals surface area contributed by atoms with E-state index in [2.05, 4.69) is 73.1 Å². The van der Waals surface area contributed by atoms with Gasteiger partial charge in [-0.2, -0.15) is 0 Å². The maximum Gasteiger partial charge on any atom is 0.0775 e. The maximum atomic E-state index is 6.35. The Morgan fingerprint density at radius 2 is 1.46 bits per heavy atom. The Morgan fingerprint density at radius 1 is 0.695 bits per heavy atom. The number of hydrogen-bond donors (Lipinski definition) is 0. The first-order valence-electron chi connectivity index (χ1n) is 22.8. The summed E-state index contributed by atoms with van der Waals surface area (Å²) in [5.41, 5.74) is 13.7. The summed E-state index contributed by atoms with van der Waals surface area (Å²) in [5.74, 6) is 1.98.